The summed E-state index contributed by atoms with van der Waals surface area (Å²) in [5.41, 5.74) is -0.667. The number of amides is 1. The third-order valence-electron chi connectivity index (χ3n) is 5.98. The first-order chi connectivity index (χ1) is 15.1. The zero-order chi connectivity index (χ0) is 23.5. The van der Waals surface area contributed by atoms with Crippen molar-refractivity contribution in [3.05, 3.63) is 35.5 Å². The SMILES string of the molecule is CCC(C)C(=O)Nc1nccc(-c2cc(C)cc(N3CCNCC3)n2)c1C(C)C(F)(F)P. The number of carbonyl (C=O) groups excluding carboxylic acids is 1. The van der Waals surface area contributed by atoms with Gasteiger partial charge >= 0.3 is 0 Å². The summed E-state index contributed by atoms with van der Waals surface area (Å²) in [5, 5.41) is 6.10. The molecule has 1 aliphatic rings. The fraction of sp³-hybridized carbons (Fsp3) is 0.522. The van der Waals surface area contributed by atoms with E-state index < -0.39 is 11.6 Å². The Balaban J connectivity index is 2.12. The van der Waals surface area contributed by atoms with Crippen molar-refractivity contribution in [2.75, 3.05) is 36.4 Å². The van der Waals surface area contributed by atoms with Gasteiger partial charge in [0.15, 0.2) is 0 Å². The van der Waals surface area contributed by atoms with Crippen molar-refractivity contribution >= 4 is 26.8 Å². The van der Waals surface area contributed by atoms with E-state index in [9.17, 15) is 13.6 Å². The second-order valence-electron chi connectivity index (χ2n) is 8.44. The van der Waals surface area contributed by atoms with Crippen LogP contribution >= 0.6 is 9.24 Å². The van der Waals surface area contributed by atoms with E-state index in [1.54, 1.807) is 22.2 Å². The molecule has 1 amide bonds. The van der Waals surface area contributed by atoms with Gasteiger partial charge in [-0.05, 0) is 37.1 Å². The second-order valence-corrected chi connectivity index (χ2v) is 9.21. The fourth-order valence-corrected chi connectivity index (χ4v) is 3.86. The minimum Gasteiger partial charge on any atom is -0.354 e. The lowest BCUT2D eigenvalue weighted by Gasteiger charge is -2.29. The zero-order valence-electron chi connectivity index (χ0n) is 19.1. The van der Waals surface area contributed by atoms with Gasteiger partial charge in [0.2, 0.25) is 5.91 Å². The van der Waals surface area contributed by atoms with E-state index in [1.807, 2.05) is 26.0 Å². The quantitative estimate of drug-likeness (QED) is 0.595. The van der Waals surface area contributed by atoms with E-state index in [2.05, 4.69) is 20.5 Å². The molecule has 6 nitrogen and oxygen atoms in total. The Bertz CT molecular complexity index is 960. The van der Waals surface area contributed by atoms with Gasteiger partial charge in [0.05, 0.1) is 11.6 Å². The summed E-state index contributed by atoms with van der Waals surface area (Å²) in [6.45, 7) is 10.5. The summed E-state index contributed by atoms with van der Waals surface area (Å²) in [4.78, 5) is 23.8. The first-order valence-corrected chi connectivity index (χ1v) is 11.6. The minimum absolute atomic E-state index is 0.162. The lowest BCUT2D eigenvalue weighted by atomic mass is 9.93. The maximum absolute atomic E-state index is 14.5. The Morgan fingerprint density at radius 1 is 1.31 bits per heavy atom. The number of hydrogen-bond acceptors (Lipinski definition) is 5. The first-order valence-electron chi connectivity index (χ1n) is 11.0. The van der Waals surface area contributed by atoms with E-state index in [0.717, 1.165) is 37.6 Å². The predicted molar refractivity (Wildman–Crippen MR) is 128 cm³/mol. The number of piperazine rings is 1. The molecule has 0 bridgehead atoms. The van der Waals surface area contributed by atoms with Crippen LogP contribution in [-0.4, -0.2) is 47.7 Å². The molecule has 174 valence electrons. The van der Waals surface area contributed by atoms with Gasteiger partial charge in [-0.25, -0.2) is 18.7 Å². The van der Waals surface area contributed by atoms with Crippen LogP contribution in [0.15, 0.2) is 24.4 Å². The molecule has 0 aliphatic carbocycles. The number of rotatable bonds is 7. The van der Waals surface area contributed by atoms with Crippen LogP contribution in [0.3, 0.4) is 0 Å². The highest BCUT2D eigenvalue weighted by molar-refractivity contribution is 7.18. The smallest absolute Gasteiger partial charge is 0.265 e. The Labute approximate surface area is 190 Å². The molecule has 2 aromatic heterocycles. The van der Waals surface area contributed by atoms with E-state index in [1.165, 1.54) is 13.1 Å². The first kappa shape index (κ1) is 24.5. The standard InChI is InChI=1S/C23H32F2N5OP/c1-5-15(3)22(31)29-21-20(16(4)23(24,25)32)17(6-7-27-21)18-12-14(2)13-19(28-18)30-10-8-26-9-11-30/h6-7,12-13,15-16,26H,5,8-11,32H2,1-4H3,(H,27,29,31). The minimum atomic E-state index is -3.08. The van der Waals surface area contributed by atoms with Crippen molar-refractivity contribution in [2.45, 2.75) is 45.7 Å². The monoisotopic (exact) mass is 463 g/mol. The van der Waals surface area contributed by atoms with E-state index >= 15 is 0 Å². The summed E-state index contributed by atoms with van der Waals surface area (Å²) in [6, 6.07) is 5.60. The van der Waals surface area contributed by atoms with Crippen molar-refractivity contribution in [3.8, 4) is 11.3 Å². The predicted octanol–water partition coefficient (Wildman–Crippen LogP) is 4.42. The van der Waals surface area contributed by atoms with Crippen molar-refractivity contribution in [3.63, 3.8) is 0 Å². The van der Waals surface area contributed by atoms with Crippen LogP contribution in [0, 0.1) is 12.8 Å². The average Bonchev–Trinajstić information content (AvgIpc) is 2.77. The third-order valence-corrected chi connectivity index (χ3v) is 6.48. The molecule has 3 heterocycles. The molecule has 2 aromatic rings. The van der Waals surface area contributed by atoms with E-state index in [0.29, 0.717) is 17.7 Å². The molecular weight excluding hydrogens is 431 g/mol. The maximum Gasteiger partial charge on any atom is 0.265 e. The highest BCUT2D eigenvalue weighted by Crippen LogP contribution is 2.44. The highest BCUT2D eigenvalue weighted by atomic mass is 31.0. The zero-order valence-corrected chi connectivity index (χ0v) is 20.2. The lowest BCUT2D eigenvalue weighted by Crippen LogP contribution is -2.43. The summed E-state index contributed by atoms with van der Waals surface area (Å²) >= 11 is 0. The molecule has 0 saturated carbocycles. The van der Waals surface area contributed by atoms with Crippen LogP contribution in [0.4, 0.5) is 20.4 Å². The molecule has 9 heteroatoms. The normalized spacial score (nSPS) is 16.5. The van der Waals surface area contributed by atoms with Crippen molar-refractivity contribution in [1.29, 1.82) is 0 Å². The van der Waals surface area contributed by atoms with Crippen LogP contribution in [-0.2, 0) is 4.79 Å². The molecule has 3 unspecified atom stereocenters. The fourth-order valence-electron chi connectivity index (χ4n) is 3.70. The summed E-state index contributed by atoms with van der Waals surface area (Å²) in [6.07, 6.45) is 2.18. The largest absolute Gasteiger partial charge is 0.354 e. The molecule has 3 rings (SSSR count). The highest BCUT2D eigenvalue weighted by Gasteiger charge is 2.36. The van der Waals surface area contributed by atoms with Gasteiger partial charge in [0.1, 0.15) is 11.6 Å². The van der Waals surface area contributed by atoms with Gasteiger partial charge in [0.25, 0.3) is 5.66 Å². The Kier molecular flexibility index (Phi) is 7.78. The van der Waals surface area contributed by atoms with Gasteiger partial charge in [-0.15, -0.1) is 0 Å². The number of nitrogens with zero attached hydrogens (tertiary/aromatic N) is 3. The van der Waals surface area contributed by atoms with Crippen LogP contribution in [0.5, 0.6) is 0 Å². The van der Waals surface area contributed by atoms with Gasteiger partial charge in [-0.3, -0.25) is 4.79 Å². The van der Waals surface area contributed by atoms with Gasteiger partial charge in [0, 0.05) is 49.4 Å². The Morgan fingerprint density at radius 3 is 2.62 bits per heavy atom. The number of alkyl halides is 2. The molecule has 2 N–H and O–H groups in total. The van der Waals surface area contributed by atoms with Gasteiger partial charge in [-0.1, -0.05) is 30.0 Å². The topological polar surface area (TPSA) is 70.2 Å². The average molecular weight is 464 g/mol. The van der Waals surface area contributed by atoms with Gasteiger partial charge in [-0.2, -0.15) is 0 Å². The maximum atomic E-state index is 14.5. The second kappa shape index (κ2) is 10.2. The summed E-state index contributed by atoms with van der Waals surface area (Å²) in [5.74, 6) is -0.713. The molecular formula is C23H32F2N5OP. The number of hydrogen-bond donors (Lipinski definition) is 2. The number of carbonyl (C=O) groups is 1. The van der Waals surface area contributed by atoms with Crippen molar-refractivity contribution in [2.24, 2.45) is 5.92 Å². The number of anilines is 2. The molecule has 1 fully saturated rings. The van der Waals surface area contributed by atoms with Crippen molar-refractivity contribution in [1.82, 2.24) is 15.3 Å². The number of pyridine rings is 2. The summed E-state index contributed by atoms with van der Waals surface area (Å²) in [7, 11) is 1.61. The molecule has 0 aromatic carbocycles. The van der Waals surface area contributed by atoms with Gasteiger partial charge < -0.3 is 15.5 Å². The molecule has 0 radical (unpaired) electrons. The van der Waals surface area contributed by atoms with Crippen LogP contribution in [0.2, 0.25) is 0 Å². The van der Waals surface area contributed by atoms with Crippen LogP contribution in [0.25, 0.3) is 11.3 Å². The van der Waals surface area contributed by atoms with E-state index in [-0.39, 0.29) is 23.2 Å². The molecule has 1 aliphatic heterocycles. The number of nitrogens with one attached hydrogen (secondary N) is 2. The number of aromatic nitrogens is 2. The molecule has 1 saturated heterocycles. The van der Waals surface area contributed by atoms with Crippen LogP contribution < -0.4 is 15.5 Å². The number of halogens is 2. The number of aryl methyl sites for hydroxylation is 1. The molecule has 32 heavy (non-hydrogen) atoms. The lowest BCUT2D eigenvalue weighted by molar-refractivity contribution is -0.119. The molecule has 3 atom stereocenters. The molecule has 0 spiro atoms. The third kappa shape index (κ3) is 5.59. The van der Waals surface area contributed by atoms with E-state index in [4.69, 9.17) is 4.98 Å². The summed E-state index contributed by atoms with van der Waals surface area (Å²) < 4.78 is 29.0. The Hall–Kier alpha value is -2.18. The van der Waals surface area contributed by atoms with Crippen LogP contribution in [0.1, 0.15) is 44.2 Å². The Morgan fingerprint density at radius 2 is 2.00 bits per heavy atom. The van der Waals surface area contributed by atoms with Crippen molar-refractivity contribution < 1.29 is 13.6 Å².